The van der Waals surface area contributed by atoms with Gasteiger partial charge in [-0.25, -0.2) is 0 Å². The van der Waals surface area contributed by atoms with Crippen LogP contribution < -0.4 is 0 Å². The molecule has 2 rings (SSSR count). The molecular formula is C15H14F3NO. The van der Waals surface area contributed by atoms with Crippen LogP contribution in [0, 0.1) is 6.92 Å². The van der Waals surface area contributed by atoms with Gasteiger partial charge in [0, 0.05) is 18.3 Å². The van der Waals surface area contributed by atoms with Gasteiger partial charge in [0.25, 0.3) is 0 Å². The van der Waals surface area contributed by atoms with Crippen LogP contribution in [0.5, 0.6) is 0 Å². The number of rotatable bonds is 3. The first-order chi connectivity index (χ1) is 9.36. The van der Waals surface area contributed by atoms with Crippen molar-refractivity contribution in [3.05, 3.63) is 65.0 Å². The molecule has 1 atom stereocenters. The van der Waals surface area contributed by atoms with Crippen molar-refractivity contribution in [1.29, 1.82) is 0 Å². The van der Waals surface area contributed by atoms with Crippen LogP contribution >= 0.6 is 0 Å². The van der Waals surface area contributed by atoms with Crippen molar-refractivity contribution >= 4 is 0 Å². The second kappa shape index (κ2) is 5.63. The van der Waals surface area contributed by atoms with E-state index in [2.05, 4.69) is 4.98 Å². The van der Waals surface area contributed by atoms with E-state index in [4.69, 9.17) is 0 Å². The summed E-state index contributed by atoms with van der Waals surface area (Å²) in [6.45, 7) is 1.81. The lowest BCUT2D eigenvalue weighted by Crippen LogP contribution is -2.06. The first-order valence-electron chi connectivity index (χ1n) is 6.13. The van der Waals surface area contributed by atoms with E-state index in [9.17, 15) is 18.3 Å². The second-order valence-corrected chi connectivity index (χ2v) is 4.65. The molecule has 0 radical (unpaired) electrons. The molecule has 2 aromatic rings. The predicted molar refractivity (Wildman–Crippen MR) is 69.1 cm³/mol. The van der Waals surface area contributed by atoms with Gasteiger partial charge in [-0.2, -0.15) is 13.2 Å². The monoisotopic (exact) mass is 281 g/mol. The number of aliphatic hydroxyl groups is 1. The molecule has 5 heteroatoms. The van der Waals surface area contributed by atoms with Crippen molar-refractivity contribution in [1.82, 2.24) is 4.98 Å². The van der Waals surface area contributed by atoms with Gasteiger partial charge in [-0.05, 0) is 42.3 Å². The Morgan fingerprint density at radius 1 is 1.15 bits per heavy atom. The number of halogens is 3. The van der Waals surface area contributed by atoms with Crippen molar-refractivity contribution in [3.63, 3.8) is 0 Å². The molecule has 0 aliphatic carbocycles. The molecule has 0 saturated carbocycles. The minimum Gasteiger partial charge on any atom is -0.388 e. The van der Waals surface area contributed by atoms with Crippen LogP contribution in [-0.2, 0) is 12.6 Å². The molecule has 1 unspecified atom stereocenters. The maximum atomic E-state index is 12.4. The van der Waals surface area contributed by atoms with Gasteiger partial charge in [0.15, 0.2) is 0 Å². The van der Waals surface area contributed by atoms with E-state index in [0.717, 1.165) is 17.8 Å². The van der Waals surface area contributed by atoms with E-state index in [0.29, 0.717) is 11.1 Å². The lowest BCUT2D eigenvalue weighted by atomic mass is 10.0. The summed E-state index contributed by atoms with van der Waals surface area (Å²) in [5.41, 5.74) is 1.46. The van der Waals surface area contributed by atoms with Gasteiger partial charge in [-0.15, -0.1) is 0 Å². The maximum absolute atomic E-state index is 12.4. The van der Waals surface area contributed by atoms with Gasteiger partial charge in [-0.3, -0.25) is 4.98 Å². The Bertz CT molecular complexity index is 578. The molecule has 0 amide bonds. The number of aryl methyl sites for hydroxylation is 1. The number of benzene rings is 1. The molecule has 1 aromatic heterocycles. The molecule has 2 nitrogen and oxygen atoms in total. The highest BCUT2D eigenvalue weighted by atomic mass is 19.4. The molecule has 20 heavy (non-hydrogen) atoms. The number of hydrogen-bond acceptors (Lipinski definition) is 2. The van der Waals surface area contributed by atoms with Crippen LogP contribution in [0.25, 0.3) is 0 Å². The van der Waals surface area contributed by atoms with Crippen molar-refractivity contribution in [2.45, 2.75) is 25.6 Å². The molecule has 0 aliphatic heterocycles. The van der Waals surface area contributed by atoms with E-state index in [1.807, 2.05) is 6.92 Å². The van der Waals surface area contributed by atoms with Crippen molar-refractivity contribution in [2.75, 3.05) is 0 Å². The number of nitrogens with zero attached hydrogens (tertiary/aromatic N) is 1. The highest BCUT2D eigenvalue weighted by Gasteiger charge is 2.29. The lowest BCUT2D eigenvalue weighted by molar-refractivity contribution is -0.137. The zero-order valence-electron chi connectivity index (χ0n) is 10.9. The number of alkyl halides is 3. The average Bonchev–Trinajstić information content (AvgIpc) is 2.38. The molecule has 0 saturated heterocycles. The molecule has 0 spiro atoms. The summed E-state index contributed by atoms with van der Waals surface area (Å²) in [4.78, 5) is 4.03. The number of hydrogen-bond donors (Lipinski definition) is 1. The molecule has 1 heterocycles. The van der Waals surface area contributed by atoms with Crippen molar-refractivity contribution in [3.8, 4) is 0 Å². The van der Waals surface area contributed by atoms with E-state index < -0.39 is 17.8 Å². The third kappa shape index (κ3) is 3.57. The Labute approximate surface area is 114 Å². The summed E-state index contributed by atoms with van der Waals surface area (Å²) in [6, 6.07) is 8.29. The summed E-state index contributed by atoms with van der Waals surface area (Å²) < 4.78 is 37.3. The van der Waals surface area contributed by atoms with Crippen LogP contribution in [0.4, 0.5) is 13.2 Å². The molecule has 0 bridgehead atoms. The zero-order valence-corrected chi connectivity index (χ0v) is 10.9. The van der Waals surface area contributed by atoms with E-state index in [1.54, 1.807) is 18.3 Å². The Hall–Kier alpha value is -1.88. The van der Waals surface area contributed by atoms with E-state index in [-0.39, 0.29) is 6.42 Å². The standard InChI is InChI=1S/C15H14F3NO/c1-10-8-12(6-7-19-10)14(20)9-11-2-4-13(5-3-11)15(16,17)18/h2-8,14,20H,9H2,1H3. The SMILES string of the molecule is Cc1cc(C(O)Cc2ccc(C(F)(F)F)cc2)ccn1. The fourth-order valence-corrected chi connectivity index (χ4v) is 1.95. The topological polar surface area (TPSA) is 33.1 Å². The van der Waals surface area contributed by atoms with Crippen LogP contribution in [0.2, 0.25) is 0 Å². The fraction of sp³-hybridized carbons (Fsp3) is 0.267. The average molecular weight is 281 g/mol. The predicted octanol–water partition coefficient (Wildman–Crippen LogP) is 3.68. The fourth-order valence-electron chi connectivity index (χ4n) is 1.95. The van der Waals surface area contributed by atoms with Crippen molar-refractivity contribution in [2.24, 2.45) is 0 Å². The molecule has 0 fully saturated rings. The summed E-state index contributed by atoms with van der Waals surface area (Å²) in [7, 11) is 0. The highest BCUT2D eigenvalue weighted by Crippen LogP contribution is 2.29. The van der Waals surface area contributed by atoms with Gasteiger partial charge in [0.2, 0.25) is 0 Å². The smallest absolute Gasteiger partial charge is 0.388 e. The molecule has 1 N–H and O–H groups in total. The van der Waals surface area contributed by atoms with E-state index >= 15 is 0 Å². The third-order valence-electron chi connectivity index (χ3n) is 3.02. The van der Waals surface area contributed by atoms with Gasteiger partial charge in [0.05, 0.1) is 11.7 Å². The van der Waals surface area contributed by atoms with Crippen molar-refractivity contribution < 1.29 is 18.3 Å². The maximum Gasteiger partial charge on any atom is 0.416 e. The van der Waals surface area contributed by atoms with Crippen LogP contribution in [-0.4, -0.2) is 10.1 Å². The first kappa shape index (κ1) is 14.5. The Morgan fingerprint density at radius 3 is 2.35 bits per heavy atom. The number of aromatic nitrogens is 1. The summed E-state index contributed by atoms with van der Waals surface area (Å²) in [5, 5.41) is 10.1. The first-order valence-corrected chi connectivity index (χ1v) is 6.13. The Balaban J connectivity index is 2.10. The van der Waals surface area contributed by atoms with Crippen LogP contribution in [0.3, 0.4) is 0 Å². The quantitative estimate of drug-likeness (QED) is 0.930. The Kier molecular flexibility index (Phi) is 4.09. The molecular weight excluding hydrogens is 267 g/mol. The minimum absolute atomic E-state index is 0.265. The molecule has 106 valence electrons. The summed E-state index contributed by atoms with van der Waals surface area (Å²) >= 11 is 0. The van der Waals surface area contributed by atoms with Gasteiger partial charge >= 0.3 is 6.18 Å². The molecule has 0 aliphatic rings. The molecule has 1 aromatic carbocycles. The lowest BCUT2D eigenvalue weighted by Gasteiger charge is -2.12. The van der Waals surface area contributed by atoms with Gasteiger partial charge in [0.1, 0.15) is 0 Å². The highest BCUT2D eigenvalue weighted by molar-refractivity contribution is 5.27. The second-order valence-electron chi connectivity index (χ2n) is 4.65. The van der Waals surface area contributed by atoms with Crippen LogP contribution in [0.1, 0.15) is 28.5 Å². The third-order valence-corrected chi connectivity index (χ3v) is 3.02. The number of pyridine rings is 1. The normalized spacial score (nSPS) is 13.2. The largest absolute Gasteiger partial charge is 0.416 e. The summed E-state index contributed by atoms with van der Waals surface area (Å²) in [5.74, 6) is 0. The van der Waals surface area contributed by atoms with Gasteiger partial charge in [-0.1, -0.05) is 12.1 Å². The summed E-state index contributed by atoms with van der Waals surface area (Å²) in [6.07, 6.45) is -3.23. The zero-order chi connectivity index (χ0) is 14.8. The minimum atomic E-state index is -4.33. The van der Waals surface area contributed by atoms with Gasteiger partial charge < -0.3 is 5.11 Å². The Morgan fingerprint density at radius 2 is 1.80 bits per heavy atom. The number of aliphatic hydroxyl groups excluding tert-OH is 1. The van der Waals surface area contributed by atoms with Crippen LogP contribution in [0.15, 0.2) is 42.6 Å². The van der Waals surface area contributed by atoms with E-state index in [1.165, 1.54) is 12.1 Å².